The molecule has 2 rings (SSSR count). The fourth-order valence-corrected chi connectivity index (χ4v) is 1.76. The Hall–Kier alpha value is -2.13. The Balaban J connectivity index is 2.15. The second kappa shape index (κ2) is 6.16. The fourth-order valence-electron chi connectivity index (χ4n) is 1.49. The highest BCUT2D eigenvalue weighted by molar-refractivity contribution is 9.10. The van der Waals surface area contributed by atoms with Crippen LogP contribution in [0.25, 0.3) is 0 Å². The first-order chi connectivity index (χ1) is 9.19. The van der Waals surface area contributed by atoms with E-state index in [4.69, 9.17) is 5.26 Å². The van der Waals surface area contributed by atoms with Crippen LogP contribution in [0.2, 0.25) is 0 Å². The molecule has 0 amide bonds. The summed E-state index contributed by atoms with van der Waals surface area (Å²) in [7, 11) is 1.81. The van der Waals surface area contributed by atoms with Gasteiger partial charge >= 0.3 is 0 Å². The number of nitrogens with zero attached hydrogens (tertiary/aromatic N) is 4. The predicted octanol–water partition coefficient (Wildman–Crippen LogP) is 2.94. The molecule has 1 N–H and O–H groups in total. The largest absolute Gasteiger partial charge is 0.346 e. The molecule has 96 valence electrons. The van der Waals surface area contributed by atoms with Crippen LogP contribution in [0.3, 0.4) is 0 Å². The van der Waals surface area contributed by atoms with Crippen LogP contribution in [0.5, 0.6) is 0 Å². The average Bonchev–Trinajstić information content (AvgIpc) is 2.42. The molecule has 0 aliphatic rings. The summed E-state index contributed by atoms with van der Waals surface area (Å²) in [5.74, 6) is 1.40. The minimum Gasteiger partial charge on any atom is -0.346 e. The van der Waals surface area contributed by atoms with Crippen LogP contribution in [0, 0.1) is 11.3 Å². The van der Waals surface area contributed by atoms with Crippen LogP contribution in [0.15, 0.2) is 41.1 Å². The lowest BCUT2D eigenvalue weighted by molar-refractivity contribution is 0.981. The Kier molecular flexibility index (Phi) is 4.31. The minimum absolute atomic E-state index is 0.286. The highest BCUT2D eigenvalue weighted by Gasteiger charge is 2.04. The summed E-state index contributed by atoms with van der Waals surface area (Å²) in [6.07, 6.45) is 1.48. The van der Waals surface area contributed by atoms with E-state index < -0.39 is 0 Å². The first-order valence-electron chi connectivity index (χ1n) is 5.62. The molecule has 1 aromatic carbocycles. The van der Waals surface area contributed by atoms with E-state index in [9.17, 15) is 0 Å². The summed E-state index contributed by atoms with van der Waals surface area (Å²) in [4.78, 5) is 10.0. The Bertz CT molecular complexity index is 591. The number of anilines is 3. The fraction of sp³-hybridized carbons (Fsp3) is 0.154. The zero-order valence-electron chi connectivity index (χ0n) is 10.3. The number of halogens is 1. The normalized spacial score (nSPS) is 9.74. The van der Waals surface area contributed by atoms with Crippen molar-refractivity contribution in [1.29, 1.82) is 5.26 Å². The highest BCUT2D eigenvalue weighted by atomic mass is 79.9. The van der Waals surface area contributed by atoms with Crippen LogP contribution in [-0.4, -0.2) is 23.6 Å². The topological polar surface area (TPSA) is 64.8 Å². The van der Waals surface area contributed by atoms with E-state index in [0.717, 1.165) is 10.2 Å². The molecule has 0 aliphatic carbocycles. The van der Waals surface area contributed by atoms with Crippen molar-refractivity contribution in [3.8, 4) is 6.07 Å². The summed E-state index contributed by atoms with van der Waals surface area (Å²) in [5.41, 5.74) is 0.941. The Morgan fingerprint density at radius 3 is 2.74 bits per heavy atom. The molecule has 5 nitrogen and oxygen atoms in total. The third kappa shape index (κ3) is 3.66. The summed E-state index contributed by atoms with van der Waals surface area (Å²) in [6, 6.07) is 11.7. The molecule has 1 heterocycles. The third-order valence-corrected chi connectivity index (χ3v) is 3.00. The summed E-state index contributed by atoms with van der Waals surface area (Å²) >= 11 is 3.39. The van der Waals surface area contributed by atoms with Crippen LogP contribution < -0.4 is 10.2 Å². The monoisotopic (exact) mass is 317 g/mol. The second-order valence-corrected chi connectivity index (χ2v) is 4.82. The van der Waals surface area contributed by atoms with E-state index >= 15 is 0 Å². The number of nitriles is 1. The average molecular weight is 318 g/mol. The maximum absolute atomic E-state index is 8.67. The molecule has 0 unspecified atom stereocenters. The van der Waals surface area contributed by atoms with Gasteiger partial charge < -0.3 is 10.2 Å². The van der Waals surface area contributed by atoms with Gasteiger partial charge in [0.1, 0.15) is 24.5 Å². The van der Waals surface area contributed by atoms with Crippen molar-refractivity contribution in [2.45, 2.75) is 0 Å². The molecular formula is C13H12BrN5. The van der Waals surface area contributed by atoms with Crippen molar-refractivity contribution in [1.82, 2.24) is 9.97 Å². The van der Waals surface area contributed by atoms with Gasteiger partial charge in [-0.2, -0.15) is 5.26 Å². The van der Waals surface area contributed by atoms with E-state index in [1.807, 2.05) is 31.3 Å². The zero-order valence-corrected chi connectivity index (χ0v) is 11.9. The zero-order chi connectivity index (χ0) is 13.7. The number of hydrogen-bond acceptors (Lipinski definition) is 5. The summed E-state index contributed by atoms with van der Waals surface area (Å²) < 4.78 is 1.02. The first-order valence-corrected chi connectivity index (χ1v) is 6.41. The van der Waals surface area contributed by atoms with Gasteiger partial charge in [0, 0.05) is 23.3 Å². The lowest BCUT2D eigenvalue weighted by Gasteiger charge is -2.14. The van der Waals surface area contributed by atoms with E-state index in [1.54, 1.807) is 11.0 Å². The van der Waals surface area contributed by atoms with E-state index in [1.165, 1.54) is 6.33 Å². The number of nitrogens with one attached hydrogen (secondary N) is 1. The molecule has 6 heteroatoms. The molecule has 0 fully saturated rings. The molecule has 2 aromatic rings. The van der Waals surface area contributed by atoms with Crippen LogP contribution in [0.4, 0.5) is 17.3 Å². The number of rotatable bonds is 4. The summed E-state index contributed by atoms with van der Waals surface area (Å²) in [6.45, 7) is 0.286. The number of hydrogen-bond donors (Lipinski definition) is 1. The number of aromatic nitrogens is 2. The van der Waals surface area contributed by atoms with Crippen LogP contribution in [-0.2, 0) is 0 Å². The molecular weight excluding hydrogens is 306 g/mol. The van der Waals surface area contributed by atoms with Gasteiger partial charge in [0.05, 0.1) is 6.07 Å². The molecule has 1 aromatic heterocycles. The smallest absolute Gasteiger partial charge is 0.135 e. The van der Waals surface area contributed by atoms with E-state index in [0.29, 0.717) is 11.6 Å². The van der Waals surface area contributed by atoms with Crippen molar-refractivity contribution < 1.29 is 0 Å². The van der Waals surface area contributed by atoms with Crippen LogP contribution >= 0.6 is 15.9 Å². The lowest BCUT2D eigenvalue weighted by Crippen LogP contribution is -2.18. The van der Waals surface area contributed by atoms with Crippen molar-refractivity contribution in [2.75, 3.05) is 23.8 Å². The maximum atomic E-state index is 8.67. The molecule has 0 radical (unpaired) electrons. The Labute approximate surface area is 120 Å². The lowest BCUT2D eigenvalue weighted by atomic mass is 10.3. The van der Waals surface area contributed by atoms with Gasteiger partial charge in [-0.3, -0.25) is 0 Å². The quantitative estimate of drug-likeness (QED) is 0.878. The summed E-state index contributed by atoms with van der Waals surface area (Å²) in [5, 5.41) is 11.9. The standard InChI is InChI=1S/C13H12BrN5/c1-19(7-6-15)13-8-12(16-9-17-13)18-11-4-2-10(14)3-5-11/h2-5,8-9H,7H2,1H3,(H,16,17,18). The van der Waals surface area contributed by atoms with Gasteiger partial charge in [-0.1, -0.05) is 15.9 Å². The molecule has 19 heavy (non-hydrogen) atoms. The Morgan fingerprint density at radius 1 is 1.32 bits per heavy atom. The van der Waals surface area contributed by atoms with Gasteiger partial charge in [-0.25, -0.2) is 9.97 Å². The molecule has 0 spiro atoms. The van der Waals surface area contributed by atoms with Gasteiger partial charge in [0.25, 0.3) is 0 Å². The van der Waals surface area contributed by atoms with Crippen molar-refractivity contribution in [3.63, 3.8) is 0 Å². The minimum atomic E-state index is 0.286. The first kappa shape index (κ1) is 13.3. The molecule has 0 atom stereocenters. The van der Waals surface area contributed by atoms with E-state index in [-0.39, 0.29) is 6.54 Å². The SMILES string of the molecule is CN(CC#N)c1cc(Nc2ccc(Br)cc2)ncn1. The second-order valence-electron chi connectivity index (χ2n) is 3.91. The third-order valence-electron chi connectivity index (χ3n) is 2.47. The predicted molar refractivity (Wildman–Crippen MR) is 78.3 cm³/mol. The van der Waals surface area contributed by atoms with Crippen LogP contribution in [0.1, 0.15) is 0 Å². The van der Waals surface area contributed by atoms with Crippen molar-refractivity contribution in [3.05, 3.63) is 41.1 Å². The van der Waals surface area contributed by atoms with Gasteiger partial charge in [-0.15, -0.1) is 0 Å². The molecule has 0 bridgehead atoms. The van der Waals surface area contributed by atoms with Gasteiger partial charge in [-0.05, 0) is 24.3 Å². The highest BCUT2D eigenvalue weighted by Crippen LogP contribution is 2.19. The number of benzene rings is 1. The van der Waals surface area contributed by atoms with E-state index in [2.05, 4.69) is 37.3 Å². The molecule has 0 aliphatic heterocycles. The molecule has 0 saturated carbocycles. The van der Waals surface area contributed by atoms with Gasteiger partial charge in [0.2, 0.25) is 0 Å². The van der Waals surface area contributed by atoms with Gasteiger partial charge in [0.15, 0.2) is 0 Å². The molecule has 0 saturated heterocycles. The Morgan fingerprint density at radius 2 is 2.05 bits per heavy atom. The maximum Gasteiger partial charge on any atom is 0.135 e. The van der Waals surface area contributed by atoms with Crippen molar-refractivity contribution in [2.24, 2.45) is 0 Å². The van der Waals surface area contributed by atoms with Crippen molar-refractivity contribution >= 4 is 33.3 Å².